The van der Waals surface area contributed by atoms with E-state index in [2.05, 4.69) is 31.6 Å². The Labute approximate surface area is 119 Å². The second-order valence-electron chi connectivity index (χ2n) is 3.90. The van der Waals surface area contributed by atoms with Crippen LogP contribution in [0.1, 0.15) is 5.69 Å². The van der Waals surface area contributed by atoms with Crippen LogP contribution in [0.15, 0.2) is 28.9 Å². The van der Waals surface area contributed by atoms with Gasteiger partial charge in [0.1, 0.15) is 11.4 Å². The van der Waals surface area contributed by atoms with E-state index in [0.717, 1.165) is 21.6 Å². The van der Waals surface area contributed by atoms with Crippen LogP contribution in [-0.4, -0.2) is 33.8 Å². The smallest absolute Gasteiger partial charge is 0.133 e. The lowest BCUT2D eigenvalue weighted by Crippen LogP contribution is -2.02. The van der Waals surface area contributed by atoms with Crippen LogP contribution in [0.3, 0.4) is 0 Å². The topological polar surface area (TPSA) is 72.2 Å². The Kier molecular flexibility index (Phi) is 4.75. The van der Waals surface area contributed by atoms with E-state index in [1.807, 2.05) is 24.4 Å². The second kappa shape index (κ2) is 6.53. The molecule has 0 saturated heterocycles. The highest BCUT2D eigenvalue weighted by atomic mass is 79.9. The van der Waals surface area contributed by atoms with Crippen molar-refractivity contribution in [3.8, 4) is 5.75 Å². The third-order valence-corrected chi connectivity index (χ3v) is 3.16. The molecule has 0 bridgehead atoms. The van der Waals surface area contributed by atoms with Crippen molar-refractivity contribution in [2.75, 3.05) is 19.0 Å². The molecule has 0 radical (unpaired) electrons. The van der Waals surface area contributed by atoms with Crippen molar-refractivity contribution in [3.63, 3.8) is 0 Å². The third-order valence-electron chi connectivity index (χ3n) is 2.54. The van der Waals surface area contributed by atoms with E-state index in [9.17, 15) is 0 Å². The number of hydrogen-bond acceptors (Lipinski definition) is 5. The number of benzene rings is 1. The number of aromatic nitrogens is 3. The Morgan fingerprint density at radius 2 is 2.32 bits per heavy atom. The second-order valence-corrected chi connectivity index (χ2v) is 4.75. The molecular weight excluding hydrogens is 312 g/mol. The molecule has 0 fully saturated rings. The first-order valence-electron chi connectivity index (χ1n) is 5.80. The Morgan fingerprint density at radius 3 is 3.00 bits per heavy atom. The summed E-state index contributed by atoms with van der Waals surface area (Å²) in [4.78, 5) is 0. The van der Waals surface area contributed by atoms with Crippen molar-refractivity contribution in [2.45, 2.75) is 13.1 Å². The molecule has 1 aromatic carbocycles. The van der Waals surface area contributed by atoms with Crippen LogP contribution in [0.25, 0.3) is 0 Å². The highest BCUT2D eigenvalue weighted by Crippen LogP contribution is 2.27. The zero-order chi connectivity index (χ0) is 13.7. The van der Waals surface area contributed by atoms with Gasteiger partial charge in [-0.25, -0.2) is 4.68 Å². The van der Waals surface area contributed by atoms with Gasteiger partial charge < -0.3 is 15.2 Å². The number of rotatable bonds is 6. The van der Waals surface area contributed by atoms with Crippen LogP contribution in [0.2, 0.25) is 0 Å². The molecule has 6 nitrogen and oxygen atoms in total. The van der Waals surface area contributed by atoms with Gasteiger partial charge in [-0.2, -0.15) is 0 Å². The highest BCUT2D eigenvalue weighted by molar-refractivity contribution is 9.10. The van der Waals surface area contributed by atoms with Gasteiger partial charge in [0.05, 0.1) is 37.5 Å². The summed E-state index contributed by atoms with van der Waals surface area (Å²) in [7, 11) is 1.63. The van der Waals surface area contributed by atoms with Crippen LogP contribution >= 0.6 is 15.9 Å². The summed E-state index contributed by atoms with van der Waals surface area (Å²) >= 11 is 3.43. The predicted octanol–water partition coefficient (Wildman–Crippen LogP) is 1.65. The van der Waals surface area contributed by atoms with Gasteiger partial charge in [0.15, 0.2) is 0 Å². The van der Waals surface area contributed by atoms with Gasteiger partial charge in [0.2, 0.25) is 0 Å². The molecule has 1 heterocycles. The summed E-state index contributed by atoms with van der Waals surface area (Å²) in [6, 6.07) is 5.76. The van der Waals surface area contributed by atoms with Crippen molar-refractivity contribution in [3.05, 3.63) is 34.6 Å². The molecule has 1 aromatic heterocycles. The van der Waals surface area contributed by atoms with Gasteiger partial charge in [-0.3, -0.25) is 0 Å². The highest BCUT2D eigenvalue weighted by Gasteiger charge is 2.03. The van der Waals surface area contributed by atoms with Crippen molar-refractivity contribution in [1.29, 1.82) is 0 Å². The minimum atomic E-state index is 0.0572. The van der Waals surface area contributed by atoms with Gasteiger partial charge in [-0.1, -0.05) is 5.21 Å². The molecule has 19 heavy (non-hydrogen) atoms. The molecular formula is C12H15BrN4O2. The predicted molar refractivity (Wildman–Crippen MR) is 75.1 cm³/mol. The van der Waals surface area contributed by atoms with Crippen LogP contribution in [0.4, 0.5) is 5.69 Å². The summed E-state index contributed by atoms with van der Waals surface area (Å²) in [5, 5.41) is 19.9. The molecule has 0 saturated carbocycles. The normalized spacial score (nSPS) is 10.5. The lowest BCUT2D eigenvalue weighted by atomic mass is 10.3. The molecule has 0 aliphatic carbocycles. The number of anilines is 1. The van der Waals surface area contributed by atoms with E-state index < -0.39 is 0 Å². The number of halogens is 1. The van der Waals surface area contributed by atoms with Gasteiger partial charge >= 0.3 is 0 Å². The number of ether oxygens (including phenoxy) is 1. The van der Waals surface area contributed by atoms with E-state index in [4.69, 9.17) is 9.84 Å². The van der Waals surface area contributed by atoms with E-state index >= 15 is 0 Å². The lowest BCUT2D eigenvalue weighted by Gasteiger charge is -2.07. The van der Waals surface area contributed by atoms with Crippen LogP contribution in [0, 0.1) is 0 Å². The van der Waals surface area contributed by atoms with Gasteiger partial charge in [-0.05, 0) is 34.1 Å². The summed E-state index contributed by atoms with van der Waals surface area (Å²) in [6.45, 7) is 1.09. The molecule has 2 rings (SSSR count). The van der Waals surface area contributed by atoms with Crippen molar-refractivity contribution >= 4 is 21.6 Å². The first-order chi connectivity index (χ1) is 9.22. The molecule has 2 aromatic rings. The van der Waals surface area contributed by atoms with E-state index in [1.165, 1.54) is 0 Å². The molecule has 102 valence electrons. The molecule has 2 N–H and O–H groups in total. The Bertz CT molecular complexity index is 544. The maximum absolute atomic E-state index is 8.80. The van der Waals surface area contributed by atoms with Crippen molar-refractivity contribution < 1.29 is 9.84 Å². The summed E-state index contributed by atoms with van der Waals surface area (Å²) in [5.41, 5.74) is 1.78. The van der Waals surface area contributed by atoms with Crippen molar-refractivity contribution in [2.24, 2.45) is 0 Å². The Morgan fingerprint density at radius 1 is 1.47 bits per heavy atom. The van der Waals surface area contributed by atoms with Gasteiger partial charge in [0.25, 0.3) is 0 Å². The first kappa shape index (κ1) is 13.8. The average Bonchev–Trinajstić information content (AvgIpc) is 2.85. The zero-order valence-corrected chi connectivity index (χ0v) is 12.1. The quantitative estimate of drug-likeness (QED) is 0.844. The summed E-state index contributed by atoms with van der Waals surface area (Å²) in [6.07, 6.45) is 1.81. The molecule has 0 atom stereocenters. The fourth-order valence-corrected chi connectivity index (χ4v) is 2.14. The monoisotopic (exact) mass is 326 g/mol. The SMILES string of the molecule is COc1ccc(NCc2cn(CCO)nn2)cc1Br. The first-order valence-corrected chi connectivity index (χ1v) is 6.59. The standard InChI is InChI=1S/C12H15BrN4O2/c1-19-12-3-2-9(6-11(12)13)14-7-10-8-17(4-5-18)16-15-10/h2-3,6,8,14,18H,4-5,7H2,1H3. The van der Waals surface area contributed by atoms with Gasteiger partial charge in [0, 0.05) is 5.69 Å². The number of methoxy groups -OCH3 is 1. The maximum atomic E-state index is 8.80. The molecule has 0 amide bonds. The van der Waals surface area contributed by atoms with Crippen molar-refractivity contribution in [1.82, 2.24) is 15.0 Å². The molecule has 0 aliphatic heterocycles. The number of aliphatic hydroxyl groups excluding tert-OH is 1. The minimum absolute atomic E-state index is 0.0572. The fraction of sp³-hybridized carbons (Fsp3) is 0.333. The van der Waals surface area contributed by atoms with Gasteiger partial charge in [-0.15, -0.1) is 5.10 Å². The minimum Gasteiger partial charge on any atom is -0.496 e. The number of nitrogens with one attached hydrogen (secondary N) is 1. The van der Waals surface area contributed by atoms with Crippen LogP contribution in [0.5, 0.6) is 5.75 Å². The Hall–Kier alpha value is -1.60. The summed E-state index contributed by atoms with van der Waals surface area (Å²) < 4.78 is 7.67. The van der Waals surface area contributed by atoms with E-state index in [1.54, 1.807) is 11.8 Å². The number of aliphatic hydroxyl groups is 1. The third kappa shape index (κ3) is 3.68. The molecule has 0 spiro atoms. The largest absolute Gasteiger partial charge is 0.496 e. The Balaban J connectivity index is 1.95. The molecule has 0 aliphatic rings. The number of hydrogen-bond donors (Lipinski definition) is 2. The maximum Gasteiger partial charge on any atom is 0.133 e. The summed E-state index contributed by atoms with van der Waals surface area (Å²) in [5.74, 6) is 0.791. The molecule has 7 heteroatoms. The molecule has 0 unspecified atom stereocenters. The van der Waals surface area contributed by atoms with Crippen LogP contribution in [-0.2, 0) is 13.1 Å². The van der Waals surface area contributed by atoms with E-state index in [-0.39, 0.29) is 6.61 Å². The lowest BCUT2D eigenvalue weighted by molar-refractivity contribution is 0.268. The number of nitrogens with zero attached hydrogens (tertiary/aromatic N) is 3. The zero-order valence-electron chi connectivity index (χ0n) is 10.5. The average molecular weight is 327 g/mol. The fourth-order valence-electron chi connectivity index (χ4n) is 1.60. The van der Waals surface area contributed by atoms with E-state index in [0.29, 0.717) is 13.1 Å². The van der Waals surface area contributed by atoms with Crippen LogP contribution < -0.4 is 10.1 Å².